The van der Waals surface area contributed by atoms with E-state index in [4.69, 9.17) is 10.7 Å². The summed E-state index contributed by atoms with van der Waals surface area (Å²) < 4.78 is 3.35. The van der Waals surface area contributed by atoms with Gasteiger partial charge in [0.15, 0.2) is 5.82 Å². The van der Waals surface area contributed by atoms with Crippen LogP contribution in [0.15, 0.2) is 71.9 Å². The highest BCUT2D eigenvalue weighted by Crippen LogP contribution is 2.45. The van der Waals surface area contributed by atoms with Gasteiger partial charge in [0.25, 0.3) is 5.56 Å². The predicted octanol–water partition coefficient (Wildman–Crippen LogP) is 3.31. The second-order valence-electron chi connectivity index (χ2n) is 8.95. The van der Waals surface area contributed by atoms with E-state index in [1.54, 1.807) is 15.3 Å². The maximum atomic E-state index is 13.3. The molecule has 8 heteroatoms. The number of rotatable bonds is 3. The van der Waals surface area contributed by atoms with Crippen LogP contribution in [0.25, 0.3) is 33.2 Å². The predicted molar refractivity (Wildman–Crippen MR) is 126 cm³/mol. The van der Waals surface area contributed by atoms with Crippen LogP contribution in [0.5, 0.6) is 0 Å². The van der Waals surface area contributed by atoms with Crippen molar-refractivity contribution in [1.29, 1.82) is 0 Å². The number of aliphatic hydroxyl groups is 1. The maximum Gasteiger partial charge on any atom is 0.262 e. The lowest BCUT2D eigenvalue weighted by Gasteiger charge is -2.39. The number of para-hydroxylation sites is 1. The molecule has 1 fully saturated rings. The van der Waals surface area contributed by atoms with Crippen LogP contribution in [-0.4, -0.2) is 34.9 Å². The van der Waals surface area contributed by atoms with Crippen LogP contribution in [0.2, 0.25) is 0 Å². The van der Waals surface area contributed by atoms with E-state index in [1.165, 1.54) is 6.33 Å². The van der Waals surface area contributed by atoms with Gasteiger partial charge in [0.05, 0.1) is 5.60 Å². The van der Waals surface area contributed by atoms with Gasteiger partial charge in [0.1, 0.15) is 23.4 Å². The first-order chi connectivity index (χ1) is 15.9. The van der Waals surface area contributed by atoms with Crippen molar-refractivity contribution in [3.8, 4) is 16.9 Å². The molecule has 8 nitrogen and oxygen atoms in total. The van der Waals surface area contributed by atoms with E-state index in [1.807, 2.05) is 61.5 Å². The molecule has 164 valence electrons. The lowest BCUT2D eigenvalue weighted by Crippen LogP contribution is -2.40. The van der Waals surface area contributed by atoms with Crippen molar-refractivity contribution < 1.29 is 5.11 Å². The number of nitrogens with zero attached hydrogens (tertiary/aromatic N) is 5. The van der Waals surface area contributed by atoms with Gasteiger partial charge in [-0.1, -0.05) is 30.3 Å². The Kier molecular flexibility index (Phi) is 4.15. The molecular weight excluding hydrogens is 416 g/mol. The van der Waals surface area contributed by atoms with Crippen molar-refractivity contribution in [2.45, 2.75) is 31.3 Å². The molecule has 3 N–H and O–H groups in total. The second kappa shape index (κ2) is 6.98. The minimum Gasteiger partial charge on any atom is -0.390 e. The average Bonchev–Trinajstić information content (AvgIpc) is 3.19. The summed E-state index contributed by atoms with van der Waals surface area (Å²) in [6.45, 7) is 1.82. The Morgan fingerprint density at radius 3 is 2.67 bits per heavy atom. The van der Waals surface area contributed by atoms with Crippen LogP contribution < -0.4 is 11.3 Å². The topological polar surface area (TPSA) is 111 Å². The molecule has 0 aliphatic heterocycles. The Hall–Kier alpha value is -4.04. The van der Waals surface area contributed by atoms with E-state index in [2.05, 4.69) is 10.1 Å². The Bertz CT molecular complexity index is 1580. The summed E-state index contributed by atoms with van der Waals surface area (Å²) in [7, 11) is 0. The third-order valence-electron chi connectivity index (χ3n) is 6.44. The minimum absolute atomic E-state index is 0.0753. The van der Waals surface area contributed by atoms with Crippen molar-refractivity contribution >= 4 is 22.1 Å². The Balaban J connectivity index is 1.54. The largest absolute Gasteiger partial charge is 0.390 e. The van der Waals surface area contributed by atoms with Crippen LogP contribution in [0.3, 0.4) is 0 Å². The Labute approximate surface area is 189 Å². The van der Waals surface area contributed by atoms with Gasteiger partial charge >= 0.3 is 0 Å². The van der Waals surface area contributed by atoms with E-state index in [9.17, 15) is 9.90 Å². The molecule has 0 unspecified atom stereocenters. The summed E-state index contributed by atoms with van der Waals surface area (Å²) in [5, 5.41) is 16.1. The van der Waals surface area contributed by atoms with Crippen LogP contribution in [0.1, 0.15) is 31.5 Å². The summed E-state index contributed by atoms with van der Waals surface area (Å²) >= 11 is 0. The number of imidazole rings is 1. The smallest absolute Gasteiger partial charge is 0.262 e. The number of hydrogen-bond acceptors (Lipinski definition) is 6. The lowest BCUT2D eigenvalue weighted by atomic mass is 9.72. The lowest BCUT2D eigenvalue weighted by molar-refractivity contribution is -0.0337. The number of aromatic nitrogens is 5. The van der Waals surface area contributed by atoms with Crippen LogP contribution in [-0.2, 0) is 0 Å². The fourth-order valence-electron chi connectivity index (χ4n) is 4.81. The molecule has 1 saturated carbocycles. The van der Waals surface area contributed by atoms with E-state index < -0.39 is 5.60 Å². The number of nitrogen functional groups attached to an aromatic ring is 1. The molecule has 0 radical (unpaired) electrons. The number of anilines is 1. The van der Waals surface area contributed by atoms with E-state index >= 15 is 0 Å². The first-order valence-electron chi connectivity index (χ1n) is 10.8. The van der Waals surface area contributed by atoms with Gasteiger partial charge in [-0.05, 0) is 49.4 Å². The average molecular weight is 438 g/mol. The van der Waals surface area contributed by atoms with Crippen molar-refractivity contribution in [2.75, 3.05) is 5.73 Å². The molecule has 3 heterocycles. The van der Waals surface area contributed by atoms with Gasteiger partial charge in [-0.3, -0.25) is 9.36 Å². The standard InChI is InChI=1S/C25H22N6O2/c1-25(33)12-17(13-25)23-29-20(21-22(26)27-14-28-31(21)23)16-8-7-15-9-10-30(24(32)19(15)11-16)18-5-3-2-4-6-18/h2-11,14,17,33H,12-13H2,1H3,(H2,26,27,28). The summed E-state index contributed by atoms with van der Waals surface area (Å²) in [6.07, 6.45) is 4.41. The molecule has 33 heavy (non-hydrogen) atoms. The van der Waals surface area contributed by atoms with Crippen molar-refractivity contribution in [1.82, 2.24) is 24.1 Å². The number of hydrogen-bond donors (Lipinski definition) is 2. The summed E-state index contributed by atoms with van der Waals surface area (Å²) in [6, 6.07) is 17.2. The molecule has 0 atom stereocenters. The highest BCUT2D eigenvalue weighted by molar-refractivity contribution is 5.91. The van der Waals surface area contributed by atoms with Crippen LogP contribution in [0.4, 0.5) is 5.82 Å². The number of fused-ring (bicyclic) bond motifs is 2. The fraction of sp³-hybridized carbons (Fsp3) is 0.200. The minimum atomic E-state index is -0.694. The van der Waals surface area contributed by atoms with E-state index in [0.29, 0.717) is 35.3 Å². The Morgan fingerprint density at radius 2 is 1.91 bits per heavy atom. The second-order valence-corrected chi connectivity index (χ2v) is 8.95. The molecule has 6 rings (SSSR count). The van der Waals surface area contributed by atoms with Crippen molar-refractivity contribution in [3.63, 3.8) is 0 Å². The van der Waals surface area contributed by atoms with Crippen LogP contribution >= 0.6 is 0 Å². The zero-order chi connectivity index (χ0) is 22.7. The highest BCUT2D eigenvalue weighted by atomic mass is 16.3. The zero-order valence-corrected chi connectivity index (χ0v) is 18.0. The van der Waals surface area contributed by atoms with Gasteiger partial charge in [-0.25, -0.2) is 14.5 Å². The molecule has 0 bridgehead atoms. The SMILES string of the molecule is CC1(O)CC(c2nc(-c3ccc4ccn(-c5ccccc5)c(=O)c4c3)c3c(N)ncnn23)C1. The highest BCUT2D eigenvalue weighted by Gasteiger charge is 2.42. The Morgan fingerprint density at radius 1 is 1.12 bits per heavy atom. The van der Waals surface area contributed by atoms with Crippen LogP contribution in [0, 0.1) is 0 Å². The summed E-state index contributed by atoms with van der Waals surface area (Å²) in [5.41, 5.74) is 8.24. The molecule has 0 amide bonds. The van der Waals surface area contributed by atoms with E-state index in [-0.39, 0.29) is 11.5 Å². The molecule has 3 aromatic heterocycles. The van der Waals surface area contributed by atoms with Gasteiger partial charge < -0.3 is 10.8 Å². The van der Waals surface area contributed by atoms with Crippen molar-refractivity contribution in [2.24, 2.45) is 0 Å². The van der Waals surface area contributed by atoms with Gasteiger partial charge in [-0.15, -0.1) is 0 Å². The molecule has 1 aliphatic carbocycles. The third-order valence-corrected chi connectivity index (χ3v) is 6.44. The molecule has 2 aromatic carbocycles. The van der Waals surface area contributed by atoms with Crippen molar-refractivity contribution in [3.05, 3.63) is 83.3 Å². The van der Waals surface area contributed by atoms with Gasteiger partial charge in [0, 0.05) is 28.8 Å². The number of pyridine rings is 1. The molecule has 5 aromatic rings. The fourth-order valence-corrected chi connectivity index (χ4v) is 4.81. The molecule has 1 aliphatic rings. The summed E-state index contributed by atoms with van der Waals surface area (Å²) in [4.78, 5) is 22.4. The maximum absolute atomic E-state index is 13.3. The van der Waals surface area contributed by atoms with Gasteiger partial charge in [-0.2, -0.15) is 5.10 Å². The zero-order valence-electron chi connectivity index (χ0n) is 18.0. The monoisotopic (exact) mass is 438 g/mol. The summed E-state index contributed by atoms with van der Waals surface area (Å²) in [5.74, 6) is 1.14. The van der Waals surface area contributed by atoms with E-state index in [0.717, 1.165) is 22.5 Å². The molecule has 0 saturated heterocycles. The first kappa shape index (κ1) is 19.6. The third kappa shape index (κ3) is 3.10. The normalized spacial score (nSPS) is 20.2. The quantitative estimate of drug-likeness (QED) is 0.447. The molecular formula is C25H22N6O2. The number of nitrogens with two attached hydrogens (primary N) is 1. The van der Waals surface area contributed by atoms with Gasteiger partial charge in [0.2, 0.25) is 0 Å². The number of benzene rings is 2. The molecule has 0 spiro atoms. The first-order valence-corrected chi connectivity index (χ1v) is 10.8.